The molecule has 0 aliphatic carbocycles. The first-order valence-electron chi connectivity index (χ1n) is 12.5. The normalized spacial score (nSPS) is 14.3. The second kappa shape index (κ2) is 10.8. The molecule has 4 aromatic rings. The SMILES string of the molecule is Cc1ccc(-c2nnc(Nc3ccc(OCC(N)=O)cc3)c3ccccc23)cc1S(=O)(=O)N1CCCCC1. The summed E-state index contributed by atoms with van der Waals surface area (Å²) in [7, 11) is -3.60. The molecule has 1 aliphatic rings. The van der Waals surface area contributed by atoms with Crippen LogP contribution in [-0.2, 0) is 14.8 Å². The maximum Gasteiger partial charge on any atom is 0.255 e. The van der Waals surface area contributed by atoms with E-state index < -0.39 is 15.9 Å². The summed E-state index contributed by atoms with van der Waals surface area (Å²) in [6.07, 6.45) is 2.82. The van der Waals surface area contributed by atoms with Crippen LogP contribution in [-0.4, -0.2) is 48.5 Å². The zero-order valence-corrected chi connectivity index (χ0v) is 21.9. The predicted octanol–water partition coefficient (Wildman–Crippen LogP) is 4.39. The Hall–Kier alpha value is -4.02. The molecule has 0 radical (unpaired) electrons. The fraction of sp³-hybridized carbons (Fsp3) is 0.250. The molecule has 10 heteroatoms. The van der Waals surface area contributed by atoms with Gasteiger partial charge in [0.15, 0.2) is 12.4 Å². The van der Waals surface area contributed by atoms with Crippen LogP contribution in [0, 0.1) is 6.92 Å². The quantitative estimate of drug-likeness (QED) is 0.345. The predicted molar refractivity (Wildman–Crippen MR) is 147 cm³/mol. The van der Waals surface area contributed by atoms with Crippen molar-refractivity contribution in [3.8, 4) is 17.0 Å². The number of aryl methyl sites for hydroxylation is 1. The molecule has 1 aliphatic heterocycles. The molecular weight excluding hydrogens is 502 g/mol. The van der Waals surface area contributed by atoms with E-state index in [2.05, 4.69) is 15.5 Å². The molecular formula is C28H29N5O4S. The number of rotatable bonds is 8. The van der Waals surface area contributed by atoms with Crippen LogP contribution in [0.5, 0.6) is 5.75 Å². The van der Waals surface area contributed by atoms with E-state index in [4.69, 9.17) is 10.5 Å². The van der Waals surface area contributed by atoms with E-state index in [1.165, 1.54) is 0 Å². The number of sulfonamides is 1. The van der Waals surface area contributed by atoms with Crippen molar-refractivity contribution in [3.05, 3.63) is 72.3 Å². The van der Waals surface area contributed by atoms with E-state index in [9.17, 15) is 13.2 Å². The van der Waals surface area contributed by atoms with E-state index >= 15 is 0 Å². The molecule has 0 saturated carbocycles. The summed E-state index contributed by atoms with van der Waals surface area (Å²) in [5, 5.41) is 13.9. The molecule has 9 nitrogen and oxygen atoms in total. The van der Waals surface area contributed by atoms with Crippen LogP contribution >= 0.6 is 0 Å². The van der Waals surface area contributed by atoms with Gasteiger partial charge in [0.25, 0.3) is 5.91 Å². The van der Waals surface area contributed by atoms with Crippen molar-refractivity contribution in [2.75, 3.05) is 25.0 Å². The zero-order valence-electron chi connectivity index (χ0n) is 21.1. The van der Waals surface area contributed by atoms with Gasteiger partial charge in [-0.1, -0.05) is 42.8 Å². The average Bonchev–Trinajstić information content (AvgIpc) is 2.93. The van der Waals surface area contributed by atoms with Crippen LogP contribution in [0.3, 0.4) is 0 Å². The van der Waals surface area contributed by atoms with Crippen LogP contribution in [0.25, 0.3) is 22.0 Å². The van der Waals surface area contributed by atoms with Crippen molar-refractivity contribution in [2.24, 2.45) is 5.73 Å². The molecule has 3 N–H and O–H groups in total. The van der Waals surface area contributed by atoms with Crippen LogP contribution < -0.4 is 15.8 Å². The van der Waals surface area contributed by atoms with Gasteiger partial charge in [0.2, 0.25) is 10.0 Å². The molecule has 0 atom stereocenters. The molecule has 38 heavy (non-hydrogen) atoms. The molecule has 196 valence electrons. The number of carbonyl (C=O) groups is 1. The summed E-state index contributed by atoms with van der Waals surface area (Å²) in [5.41, 5.74) is 7.89. The van der Waals surface area contributed by atoms with Crippen LogP contribution in [0.2, 0.25) is 0 Å². The molecule has 0 bridgehead atoms. The molecule has 2 heterocycles. The first kappa shape index (κ1) is 25.6. The number of nitrogens with two attached hydrogens (primary N) is 1. The van der Waals surface area contributed by atoms with Gasteiger partial charge in [0.1, 0.15) is 11.4 Å². The summed E-state index contributed by atoms with van der Waals surface area (Å²) in [6.45, 7) is 2.73. The lowest BCUT2D eigenvalue weighted by atomic mass is 10.0. The van der Waals surface area contributed by atoms with Gasteiger partial charge in [-0.25, -0.2) is 8.42 Å². The lowest BCUT2D eigenvalue weighted by Crippen LogP contribution is -2.35. The number of fused-ring (bicyclic) bond motifs is 1. The Balaban J connectivity index is 1.48. The second-order valence-corrected chi connectivity index (χ2v) is 11.2. The fourth-order valence-electron chi connectivity index (χ4n) is 4.60. The van der Waals surface area contributed by atoms with Crippen LogP contribution in [0.4, 0.5) is 11.5 Å². The Labute approximate surface area is 221 Å². The molecule has 5 rings (SSSR count). The minimum absolute atomic E-state index is 0.190. The van der Waals surface area contributed by atoms with Crippen LogP contribution in [0.15, 0.2) is 71.6 Å². The number of nitrogens with zero attached hydrogens (tertiary/aromatic N) is 3. The van der Waals surface area contributed by atoms with Crippen molar-refractivity contribution < 1.29 is 17.9 Å². The number of hydrogen-bond donors (Lipinski definition) is 2. The largest absolute Gasteiger partial charge is 0.484 e. The number of primary amides is 1. The van der Waals surface area contributed by atoms with E-state index in [0.717, 1.165) is 35.7 Å². The Morgan fingerprint density at radius 2 is 1.68 bits per heavy atom. The van der Waals surface area contributed by atoms with Gasteiger partial charge >= 0.3 is 0 Å². The van der Waals surface area contributed by atoms with Gasteiger partial charge in [-0.15, -0.1) is 10.2 Å². The molecule has 1 fully saturated rings. The minimum atomic E-state index is -3.60. The monoisotopic (exact) mass is 531 g/mol. The van der Waals surface area contributed by atoms with Gasteiger partial charge in [-0.3, -0.25) is 4.79 Å². The van der Waals surface area contributed by atoms with E-state index in [0.29, 0.717) is 46.4 Å². The third-order valence-corrected chi connectivity index (χ3v) is 8.62. The Morgan fingerprint density at radius 1 is 0.974 bits per heavy atom. The summed E-state index contributed by atoms with van der Waals surface area (Å²) in [4.78, 5) is 11.2. The van der Waals surface area contributed by atoms with Gasteiger partial charge < -0.3 is 15.8 Å². The second-order valence-electron chi connectivity index (χ2n) is 9.29. The fourth-order valence-corrected chi connectivity index (χ4v) is 6.37. The summed E-state index contributed by atoms with van der Waals surface area (Å²) in [5.74, 6) is 0.539. The number of nitrogens with one attached hydrogen (secondary N) is 1. The Kier molecular flexibility index (Phi) is 7.26. The summed E-state index contributed by atoms with van der Waals surface area (Å²) >= 11 is 0. The molecule has 0 spiro atoms. The third-order valence-electron chi connectivity index (χ3n) is 6.58. The summed E-state index contributed by atoms with van der Waals surface area (Å²) < 4.78 is 33.8. The molecule has 1 aromatic heterocycles. The number of ether oxygens (including phenoxy) is 1. The number of benzene rings is 3. The van der Waals surface area contributed by atoms with E-state index in [1.54, 1.807) is 34.6 Å². The number of aromatic nitrogens is 2. The van der Waals surface area contributed by atoms with Gasteiger partial charge in [-0.2, -0.15) is 4.31 Å². The highest BCUT2D eigenvalue weighted by Crippen LogP contribution is 2.34. The van der Waals surface area contributed by atoms with Crippen molar-refractivity contribution in [3.63, 3.8) is 0 Å². The number of anilines is 2. The molecule has 1 amide bonds. The van der Waals surface area contributed by atoms with Gasteiger partial charge in [0.05, 0.1) is 4.90 Å². The minimum Gasteiger partial charge on any atom is -0.484 e. The lowest BCUT2D eigenvalue weighted by molar-refractivity contribution is -0.119. The topological polar surface area (TPSA) is 128 Å². The number of piperidine rings is 1. The van der Waals surface area contributed by atoms with E-state index in [1.807, 2.05) is 43.3 Å². The Morgan fingerprint density at radius 3 is 2.39 bits per heavy atom. The highest BCUT2D eigenvalue weighted by molar-refractivity contribution is 7.89. The van der Waals surface area contributed by atoms with Gasteiger partial charge in [0, 0.05) is 35.1 Å². The zero-order chi connectivity index (χ0) is 26.7. The van der Waals surface area contributed by atoms with Crippen molar-refractivity contribution >= 4 is 38.2 Å². The number of carbonyl (C=O) groups excluding carboxylic acids is 1. The lowest BCUT2D eigenvalue weighted by Gasteiger charge is -2.26. The average molecular weight is 532 g/mol. The smallest absolute Gasteiger partial charge is 0.255 e. The van der Waals surface area contributed by atoms with Crippen molar-refractivity contribution in [1.82, 2.24) is 14.5 Å². The first-order valence-corrected chi connectivity index (χ1v) is 13.9. The molecule has 1 saturated heterocycles. The highest BCUT2D eigenvalue weighted by Gasteiger charge is 2.28. The first-order chi connectivity index (χ1) is 18.3. The van der Waals surface area contributed by atoms with E-state index in [-0.39, 0.29) is 6.61 Å². The Bertz CT molecular complexity index is 1580. The number of amides is 1. The maximum absolute atomic E-state index is 13.5. The molecule has 0 unspecified atom stereocenters. The van der Waals surface area contributed by atoms with Crippen molar-refractivity contribution in [2.45, 2.75) is 31.1 Å². The highest BCUT2D eigenvalue weighted by atomic mass is 32.2. The maximum atomic E-state index is 13.5. The number of hydrogen-bond acceptors (Lipinski definition) is 7. The molecule has 3 aromatic carbocycles. The van der Waals surface area contributed by atoms with Crippen LogP contribution in [0.1, 0.15) is 24.8 Å². The third kappa shape index (κ3) is 5.32. The summed E-state index contributed by atoms with van der Waals surface area (Å²) in [6, 6.07) is 20.2. The standard InChI is InChI=1S/C28H29N5O4S/c1-19-9-10-20(17-25(19)38(35,36)33-15-5-2-6-16-33)27-23-7-3-4-8-24(23)28(32-31-27)30-21-11-13-22(14-12-21)37-18-26(29)34/h3-4,7-14,17H,2,5-6,15-16,18H2,1H3,(H2,29,34)(H,30,32). The van der Waals surface area contributed by atoms with Crippen molar-refractivity contribution in [1.29, 1.82) is 0 Å². The van der Waals surface area contributed by atoms with Gasteiger partial charge in [-0.05, 0) is 55.7 Å².